The van der Waals surface area contributed by atoms with Crippen molar-refractivity contribution in [2.24, 2.45) is 4.99 Å². The number of benzene rings is 3. The molecule has 4 rings (SSSR count). The third kappa shape index (κ3) is 6.54. The number of ether oxygens (including phenoxy) is 2. The summed E-state index contributed by atoms with van der Waals surface area (Å²) in [7, 11) is 0. The van der Waals surface area contributed by atoms with Gasteiger partial charge in [0.05, 0.1) is 11.5 Å². The van der Waals surface area contributed by atoms with Crippen molar-refractivity contribution in [3.05, 3.63) is 97.8 Å². The molecule has 0 bridgehead atoms. The molecule has 1 N–H and O–H groups in total. The number of nitrogens with zero attached hydrogens (tertiary/aromatic N) is 1. The Morgan fingerprint density at radius 1 is 1.09 bits per heavy atom. The van der Waals surface area contributed by atoms with Crippen LogP contribution >= 0.6 is 39.3 Å². The zero-order valence-electron chi connectivity index (χ0n) is 18.6. The molecule has 0 unspecified atom stereocenters. The van der Waals surface area contributed by atoms with E-state index in [2.05, 4.69) is 26.2 Å². The Bertz CT molecular complexity index is 1310. The van der Waals surface area contributed by atoms with Crippen LogP contribution in [0.5, 0.6) is 11.5 Å². The Morgan fingerprint density at radius 2 is 1.80 bits per heavy atom. The summed E-state index contributed by atoms with van der Waals surface area (Å²) in [6.07, 6.45) is 1.71. The molecule has 178 valence electrons. The predicted octanol–water partition coefficient (Wildman–Crippen LogP) is 6.48. The van der Waals surface area contributed by atoms with Gasteiger partial charge in [-0.25, -0.2) is 0 Å². The second kappa shape index (κ2) is 11.6. The van der Waals surface area contributed by atoms with Crippen LogP contribution in [0.1, 0.15) is 28.4 Å². The summed E-state index contributed by atoms with van der Waals surface area (Å²) in [6.45, 7) is 2.74. The van der Waals surface area contributed by atoms with Crippen LogP contribution in [0.4, 0.5) is 0 Å². The van der Waals surface area contributed by atoms with Crippen molar-refractivity contribution < 1.29 is 19.1 Å². The van der Waals surface area contributed by atoms with E-state index in [0.717, 1.165) is 27.4 Å². The fourth-order valence-electron chi connectivity index (χ4n) is 3.15. The molecule has 9 heteroatoms. The molecule has 3 aromatic rings. The number of hydrogen-bond donors (Lipinski definition) is 1. The summed E-state index contributed by atoms with van der Waals surface area (Å²) in [5.74, 6) is 0.343. The Balaban J connectivity index is 1.53. The van der Waals surface area contributed by atoms with Crippen LogP contribution in [0.25, 0.3) is 6.08 Å². The molecule has 0 radical (unpaired) electrons. The molecule has 1 saturated heterocycles. The Morgan fingerprint density at radius 3 is 2.51 bits per heavy atom. The first-order valence-corrected chi connectivity index (χ1v) is 12.6. The van der Waals surface area contributed by atoms with E-state index in [0.29, 0.717) is 40.2 Å². The number of amides is 2. The van der Waals surface area contributed by atoms with Crippen LogP contribution in [0, 0.1) is 0 Å². The fourth-order valence-corrected chi connectivity index (χ4v) is 4.52. The van der Waals surface area contributed by atoms with Crippen LogP contribution < -0.4 is 14.8 Å². The van der Waals surface area contributed by atoms with E-state index < -0.39 is 5.91 Å². The maximum atomic E-state index is 12.5. The predicted molar refractivity (Wildman–Crippen MR) is 143 cm³/mol. The maximum absolute atomic E-state index is 12.5. The Kier molecular flexibility index (Phi) is 8.28. The number of aliphatic imine (C=N–C) groups is 1. The van der Waals surface area contributed by atoms with E-state index in [1.807, 2.05) is 49.4 Å². The minimum atomic E-state index is -0.467. The highest BCUT2D eigenvalue weighted by atomic mass is 79.9. The number of carbonyl (C=O) groups excluding carboxylic acids is 2. The quantitative estimate of drug-likeness (QED) is 0.329. The lowest BCUT2D eigenvalue weighted by atomic mass is 10.1. The monoisotopic (exact) mass is 570 g/mol. The molecule has 0 atom stereocenters. The number of carbonyl (C=O) groups is 2. The maximum Gasteiger partial charge on any atom is 0.279 e. The molecule has 0 saturated carbocycles. The van der Waals surface area contributed by atoms with E-state index in [1.54, 1.807) is 30.3 Å². The highest BCUT2D eigenvalue weighted by Gasteiger charge is 2.25. The number of halogens is 2. The molecule has 0 aliphatic carbocycles. The van der Waals surface area contributed by atoms with E-state index in [4.69, 9.17) is 21.1 Å². The van der Waals surface area contributed by atoms with E-state index in [-0.39, 0.29) is 11.1 Å². The smallest absolute Gasteiger partial charge is 0.279 e. The summed E-state index contributed by atoms with van der Waals surface area (Å²) in [6, 6.07) is 19.9. The van der Waals surface area contributed by atoms with Gasteiger partial charge in [0.1, 0.15) is 6.61 Å². The first-order valence-electron chi connectivity index (χ1n) is 10.7. The topological polar surface area (TPSA) is 77.0 Å². The zero-order chi connectivity index (χ0) is 24.8. The molecule has 0 spiro atoms. The number of rotatable bonds is 7. The van der Waals surface area contributed by atoms with Crippen molar-refractivity contribution in [2.45, 2.75) is 13.5 Å². The molecule has 0 aromatic heterocycles. The molecule has 2 amide bonds. The van der Waals surface area contributed by atoms with Gasteiger partial charge in [-0.3, -0.25) is 9.59 Å². The standard InChI is InChI=1S/C26H20BrClN2O4S/c1-2-33-21-12-18(20(27)14-22(21)34-15-16-6-4-3-5-7-16)13-23-25(32)30-26(35-23)29-24(31)17-8-10-19(28)11-9-17/h3-14H,2,15H2,1H3,(H,29,30,31,32)/b23-13-. The van der Waals surface area contributed by atoms with Crippen molar-refractivity contribution in [1.82, 2.24) is 5.32 Å². The third-order valence-electron chi connectivity index (χ3n) is 4.83. The van der Waals surface area contributed by atoms with Crippen LogP contribution in [0.2, 0.25) is 5.02 Å². The van der Waals surface area contributed by atoms with Crippen molar-refractivity contribution in [2.75, 3.05) is 6.61 Å². The van der Waals surface area contributed by atoms with Crippen LogP contribution in [0.3, 0.4) is 0 Å². The van der Waals surface area contributed by atoms with Crippen molar-refractivity contribution >= 4 is 62.4 Å². The minimum absolute atomic E-state index is 0.213. The van der Waals surface area contributed by atoms with Gasteiger partial charge < -0.3 is 14.8 Å². The molecular weight excluding hydrogens is 552 g/mol. The summed E-state index contributed by atoms with van der Waals surface area (Å²) >= 11 is 10.5. The Labute approximate surface area is 220 Å². The highest BCUT2D eigenvalue weighted by Crippen LogP contribution is 2.37. The molecule has 1 heterocycles. The highest BCUT2D eigenvalue weighted by molar-refractivity contribution is 9.10. The lowest BCUT2D eigenvalue weighted by Crippen LogP contribution is -2.20. The van der Waals surface area contributed by atoms with Gasteiger partial charge in [-0.1, -0.05) is 57.9 Å². The first kappa shape index (κ1) is 25.0. The molecule has 6 nitrogen and oxygen atoms in total. The lowest BCUT2D eigenvalue weighted by Gasteiger charge is -2.14. The molecule has 1 aliphatic heterocycles. The average Bonchev–Trinajstić information content (AvgIpc) is 3.19. The van der Waals surface area contributed by atoms with Crippen LogP contribution in [0.15, 0.2) is 81.1 Å². The summed E-state index contributed by atoms with van der Waals surface area (Å²) in [5.41, 5.74) is 2.14. The van der Waals surface area contributed by atoms with Gasteiger partial charge in [0.2, 0.25) is 0 Å². The third-order valence-corrected chi connectivity index (χ3v) is 6.68. The molecule has 3 aromatic carbocycles. The second-order valence-electron chi connectivity index (χ2n) is 7.32. The molecule has 1 fully saturated rings. The molecular formula is C26H20BrClN2O4S. The van der Waals surface area contributed by atoms with Crippen molar-refractivity contribution in [1.29, 1.82) is 0 Å². The summed E-state index contributed by atoms with van der Waals surface area (Å²) in [4.78, 5) is 29.3. The van der Waals surface area contributed by atoms with Gasteiger partial charge in [0.25, 0.3) is 11.8 Å². The number of amidine groups is 1. The number of nitrogens with one attached hydrogen (secondary N) is 1. The molecule has 35 heavy (non-hydrogen) atoms. The van der Waals surface area contributed by atoms with Crippen molar-refractivity contribution in [3.63, 3.8) is 0 Å². The zero-order valence-corrected chi connectivity index (χ0v) is 21.7. The Hall–Kier alpha value is -3.07. The van der Waals surface area contributed by atoms with Gasteiger partial charge in [0, 0.05) is 15.1 Å². The minimum Gasteiger partial charge on any atom is -0.490 e. The molecule has 1 aliphatic rings. The summed E-state index contributed by atoms with van der Waals surface area (Å²) < 4.78 is 12.5. The van der Waals surface area contributed by atoms with Crippen LogP contribution in [-0.2, 0) is 11.4 Å². The van der Waals surface area contributed by atoms with Gasteiger partial charge in [-0.2, -0.15) is 4.99 Å². The largest absolute Gasteiger partial charge is 0.490 e. The lowest BCUT2D eigenvalue weighted by molar-refractivity contribution is -0.115. The normalized spacial score (nSPS) is 15.3. The van der Waals surface area contributed by atoms with E-state index >= 15 is 0 Å². The first-order chi connectivity index (χ1) is 16.9. The average molecular weight is 572 g/mol. The van der Waals surface area contributed by atoms with Crippen molar-refractivity contribution in [3.8, 4) is 11.5 Å². The van der Waals surface area contributed by atoms with Crippen LogP contribution in [-0.4, -0.2) is 23.6 Å². The number of hydrogen-bond acceptors (Lipinski definition) is 5. The van der Waals surface area contributed by atoms with Gasteiger partial charge in [0.15, 0.2) is 16.7 Å². The second-order valence-corrected chi connectivity index (χ2v) is 9.64. The van der Waals surface area contributed by atoms with Gasteiger partial charge in [-0.15, -0.1) is 0 Å². The van der Waals surface area contributed by atoms with E-state index in [1.165, 1.54) is 0 Å². The van der Waals surface area contributed by atoms with E-state index in [9.17, 15) is 9.59 Å². The SMILES string of the molecule is CCOc1cc(/C=C2\SC(=NC(=O)c3ccc(Cl)cc3)NC2=O)c(Br)cc1OCc1ccccc1. The van der Waals surface area contributed by atoms with Gasteiger partial charge in [-0.05, 0) is 72.3 Å². The summed E-state index contributed by atoms with van der Waals surface area (Å²) in [5, 5.41) is 3.37. The van der Waals surface area contributed by atoms with Gasteiger partial charge >= 0.3 is 0 Å². The fraction of sp³-hybridized carbons (Fsp3) is 0.115. The number of thioether (sulfide) groups is 1.